The van der Waals surface area contributed by atoms with Crippen molar-refractivity contribution in [3.8, 4) is 0 Å². The predicted octanol–water partition coefficient (Wildman–Crippen LogP) is 4.07. The molecule has 0 aliphatic rings. The average Bonchev–Trinajstić information content (AvgIpc) is 2.30. The fourth-order valence-corrected chi connectivity index (χ4v) is 1.52. The van der Waals surface area contributed by atoms with Crippen LogP contribution in [0.25, 0.3) is 10.8 Å². The molecule has 1 radical (unpaired) electrons. The number of rotatable bonds is 0. The van der Waals surface area contributed by atoms with E-state index < -0.39 is 0 Å². The van der Waals surface area contributed by atoms with Gasteiger partial charge in [-0.2, -0.15) is 5.56 Å². The predicted molar refractivity (Wildman–Crippen MR) is 61.8 cm³/mol. The molecule has 0 aliphatic carbocycles. The van der Waals surface area contributed by atoms with Crippen LogP contribution in [0.4, 0.5) is 0 Å². The maximum Gasteiger partial charge on any atom is 3.00 e. The molecule has 14 heavy (non-hydrogen) atoms. The minimum atomic E-state index is 0. The van der Waals surface area contributed by atoms with E-state index >= 15 is 0 Å². The molecule has 0 N–H and O–H groups in total. The summed E-state index contributed by atoms with van der Waals surface area (Å²) in [7, 11) is 0. The second-order valence-electron chi connectivity index (χ2n) is 3.04. The van der Waals surface area contributed by atoms with E-state index in [0.29, 0.717) is 0 Å². The van der Waals surface area contributed by atoms with Crippen molar-refractivity contribution < 1.29 is 21.7 Å². The third-order valence-electron chi connectivity index (χ3n) is 2.33. The van der Waals surface area contributed by atoms with Gasteiger partial charge in [0, 0.05) is 0 Å². The van der Waals surface area contributed by atoms with Crippen molar-refractivity contribution in [3.05, 3.63) is 56.3 Å². The zero-order chi connectivity index (χ0) is 7.84. The summed E-state index contributed by atoms with van der Waals surface area (Å²) in [5, 5.41) is 2.76. The van der Waals surface area contributed by atoms with Gasteiger partial charge >= 0.3 is 21.7 Å². The van der Waals surface area contributed by atoms with Crippen molar-refractivity contribution in [3.63, 3.8) is 0 Å². The molecule has 1 heteroatoms. The minimum absolute atomic E-state index is 0. The fourth-order valence-electron chi connectivity index (χ4n) is 1.52. The van der Waals surface area contributed by atoms with Crippen molar-refractivity contribution in [1.82, 2.24) is 0 Å². The van der Waals surface area contributed by atoms with Gasteiger partial charge in [-0.15, -0.1) is 40.6 Å². The van der Waals surface area contributed by atoms with Crippen LogP contribution >= 0.6 is 0 Å². The zero-order valence-corrected chi connectivity index (χ0v) is 10.9. The summed E-state index contributed by atoms with van der Waals surface area (Å²) in [5.74, 6) is 0. The third-order valence-corrected chi connectivity index (χ3v) is 2.33. The molecule has 0 fully saturated rings. The number of aryl methyl sites for hydroxylation is 2. The van der Waals surface area contributed by atoms with Gasteiger partial charge in [-0.25, -0.2) is 0 Å². The molecule has 0 unspecified atom stereocenters. The summed E-state index contributed by atoms with van der Waals surface area (Å²) in [5.41, 5.74) is 2.81. The van der Waals surface area contributed by atoms with Gasteiger partial charge in [0.1, 0.15) is 0 Å². The SMILES string of the molecule is Cc1[cH-]c2ccccc2c1C.[CH3-].[CH3-].[Ti+3]. The van der Waals surface area contributed by atoms with Crippen LogP contribution in [0, 0.1) is 28.7 Å². The van der Waals surface area contributed by atoms with Gasteiger partial charge in [0.15, 0.2) is 0 Å². The Labute approximate surface area is 103 Å². The van der Waals surface area contributed by atoms with Crippen LogP contribution in [-0.4, -0.2) is 0 Å². The maximum absolute atomic E-state index is 2.24. The summed E-state index contributed by atoms with van der Waals surface area (Å²) in [6, 6.07) is 10.8. The molecule has 2 aromatic carbocycles. The molecule has 0 heterocycles. The van der Waals surface area contributed by atoms with Gasteiger partial charge in [0.2, 0.25) is 0 Å². The summed E-state index contributed by atoms with van der Waals surface area (Å²) in [6.45, 7) is 4.34. The van der Waals surface area contributed by atoms with E-state index in [4.69, 9.17) is 0 Å². The van der Waals surface area contributed by atoms with Gasteiger partial charge < -0.3 is 14.9 Å². The minimum Gasteiger partial charge on any atom is -0.358 e. The molecule has 0 amide bonds. The second kappa shape index (κ2) is 6.11. The number of hydrogen-bond acceptors (Lipinski definition) is 0. The van der Waals surface area contributed by atoms with Crippen LogP contribution in [0.15, 0.2) is 30.3 Å². The van der Waals surface area contributed by atoms with E-state index in [1.165, 1.54) is 21.9 Å². The van der Waals surface area contributed by atoms with Gasteiger partial charge in [-0.05, 0) is 0 Å². The summed E-state index contributed by atoms with van der Waals surface area (Å²) >= 11 is 0. The van der Waals surface area contributed by atoms with E-state index in [2.05, 4.69) is 44.2 Å². The second-order valence-corrected chi connectivity index (χ2v) is 3.04. The first-order valence-electron chi connectivity index (χ1n) is 3.90. The normalized spacial score (nSPS) is 8.43. The molecular weight excluding hydrogens is 204 g/mol. The van der Waals surface area contributed by atoms with Crippen LogP contribution in [0.1, 0.15) is 11.1 Å². The topological polar surface area (TPSA) is 0 Å². The van der Waals surface area contributed by atoms with Crippen LogP contribution in [0.3, 0.4) is 0 Å². The molecule has 73 valence electrons. The molecule has 0 nitrogen and oxygen atoms in total. The fraction of sp³-hybridized carbons (Fsp3) is 0.154. The van der Waals surface area contributed by atoms with Crippen molar-refractivity contribution >= 4 is 10.8 Å². The largest absolute Gasteiger partial charge is 3.00 e. The summed E-state index contributed by atoms with van der Waals surface area (Å²) in [4.78, 5) is 0. The van der Waals surface area contributed by atoms with E-state index in [9.17, 15) is 0 Å². The van der Waals surface area contributed by atoms with Crippen molar-refractivity contribution in [2.45, 2.75) is 13.8 Å². The summed E-state index contributed by atoms with van der Waals surface area (Å²) < 4.78 is 0. The van der Waals surface area contributed by atoms with E-state index in [1.54, 1.807) is 0 Å². The first kappa shape index (κ1) is 16.0. The van der Waals surface area contributed by atoms with Crippen molar-refractivity contribution in [2.75, 3.05) is 0 Å². The Hall–Kier alpha value is -0.456. The average molecular weight is 221 g/mol. The molecule has 0 aliphatic heterocycles. The van der Waals surface area contributed by atoms with Crippen molar-refractivity contribution in [1.29, 1.82) is 0 Å². The Morgan fingerprint density at radius 3 is 2.14 bits per heavy atom. The number of benzene rings is 1. The van der Waals surface area contributed by atoms with Gasteiger partial charge in [0.05, 0.1) is 0 Å². The molecule has 0 atom stereocenters. The Morgan fingerprint density at radius 2 is 1.57 bits per heavy atom. The van der Waals surface area contributed by atoms with Crippen LogP contribution in [0.5, 0.6) is 0 Å². The molecule has 0 aromatic heterocycles. The number of fused-ring (bicyclic) bond motifs is 1. The van der Waals surface area contributed by atoms with Gasteiger partial charge in [-0.1, -0.05) is 19.9 Å². The Bertz CT molecular complexity index is 385. The molecule has 0 bridgehead atoms. The first-order chi connectivity index (χ1) is 5.29. The molecule has 0 saturated carbocycles. The molecule has 0 saturated heterocycles. The van der Waals surface area contributed by atoms with Crippen LogP contribution in [-0.2, 0) is 21.7 Å². The van der Waals surface area contributed by atoms with Gasteiger partial charge in [-0.3, -0.25) is 0 Å². The molecule has 2 aromatic rings. The Kier molecular flexibility index (Phi) is 6.98. The maximum atomic E-state index is 2.24. The van der Waals surface area contributed by atoms with Crippen molar-refractivity contribution in [2.24, 2.45) is 0 Å². The van der Waals surface area contributed by atoms with E-state index in [-0.39, 0.29) is 36.6 Å². The molecular formula is C13H17Ti. The Balaban J connectivity index is 0. The van der Waals surface area contributed by atoms with E-state index in [1.807, 2.05) is 0 Å². The quantitative estimate of drug-likeness (QED) is 0.464. The van der Waals surface area contributed by atoms with E-state index in [0.717, 1.165) is 0 Å². The first-order valence-corrected chi connectivity index (χ1v) is 3.90. The standard InChI is InChI=1S/C11H11.2CH3.Ti/c1-8-7-10-5-3-4-6-11(10)9(8)2;;;/h3-7H,1-2H3;2*1H3;/q3*-1;+3. The monoisotopic (exact) mass is 221 g/mol. The molecule has 0 spiro atoms. The molecule has 2 rings (SSSR count). The summed E-state index contributed by atoms with van der Waals surface area (Å²) in [6.07, 6.45) is 0. The van der Waals surface area contributed by atoms with Crippen LogP contribution in [0.2, 0.25) is 0 Å². The third kappa shape index (κ3) is 2.53. The van der Waals surface area contributed by atoms with Crippen LogP contribution < -0.4 is 0 Å². The smallest absolute Gasteiger partial charge is 0.358 e. The number of hydrogen-bond donors (Lipinski definition) is 0. The van der Waals surface area contributed by atoms with Gasteiger partial charge in [0.25, 0.3) is 0 Å². The zero-order valence-electron chi connectivity index (χ0n) is 9.39. The Morgan fingerprint density at radius 1 is 1.00 bits per heavy atom.